The molecule has 13 nitrogen and oxygen atoms in total. The van der Waals surface area contributed by atoms with Crippen molar-refractivity contribution in [1.29, 1.82) is 0 Å². The van der Waals surface area contributed by atoms with Crippen LogP contribution in [0.2, 0.25) is 0 Å². The largest absolute Gasteiger partial charge is 1.00 e. The van der Waals surface area contributed by atoms with Gasteiger partial charge in [0.1, 0.15) is 28.6 Å². The first-order valence-electron chi connectivity index (χ1n) is 13.4. The predicted octanol–water partition coefficient (Wildman–Crippen LogP) is -2.66. The molecule has 0 aliphatic carbocycles. The van der Waals surface area contributed by atoms with Crippen molar-refractivity contribution in [2.45, 2.75) is 76.1 Å². The number of nitrogens with one attached hydrogen (secondary N) is 3. The van der Waals surface area contributed by atoms with Gasteiger partial charge in [0, 0.05) is 25.4 Å². The van der Waals surface area contributed by atoms with E-state index in [1.165, 1.54) is 23.1 Å². The van der Waals surface area contributed by atoms with Gasteiger partial charge in [-0.15, -0.1) is 0 Å². The topological polar surface area (TPSA) is 194 Å². The van der Waals surface area contributed by atoms with Crippen LogP contribution in [0.4, 0.5) is 9.18 Å². The predicted molar refractivity (Wildman–Crippen MR) is 141 cm³/mol. The molecule has 16 heteroatoms. The zero-order valence-electron chi connectivity index (χ0n) is 23.9. The molecule has 4 amide bonds. The van der Waals surface area contributed by atoms with Gasteiger partial charge in [-0.1, -0.05) is 26.0 Å². The van der Waals surface area contributed by atoms with Crippen LogP contribution in [0.5, 0.6) is 0 Å². The van der Waals surface area contributed by atoms with Crippen molar-refractivity contribution in [3.63, 3.8) is 0 Å². The fraction of sp³-hybridized carbons (Fsp3) is 0.615. The molecule has 1 aromatic carbocycles. The number of nitrogens with zero attached hydrogens (tertiary/aromatic N) is 1. The molecule has 1 aromatic rings. The standard InChI is InChI=1S/C26H37FN4O9S.Na/c1-15(2)10-20(24(34)29-21(25(35)41(37,38)39)12-17-8-9-28-23(17)33)30-26(36)40-14-19-6-7-22(32)31(19)13-16-4-3-5-18(27)11-16;/h3-5,11,15,17,19-21,25,35H,6-10,12-14H2,1-2H3,(H,28,33)(H,29,34)(H,30,36)(H,37,38,39);/q;+1/p-1/t17-,19-,20-,21-,25?;/m0./s1. The quantitative estimate of drug-likeness (QED) is 0.134. The second kappa shape index (κ2) is 16.0. The molecule has 0 bridgehead atoms. The number of aliphatic hydroxyl groups is 1. The number of carbonyl (C=O) groups is 4. The molecule has 0 spiro atoms. The minimum Gasteiger partial charge on any atom is -0.746 e. The number of likely N-dealkylation sites (tertiary alicyclic amines) is 1. The zero-order chi connectivity index (χ0) is 30.3. The fourth-order valence-corrected chi connectivity index (χ4v) is 5.56. The van der Waals surface area contributed by atoms with E-state index in [1.54, 1.807) is 19.9 Å². The molecular formula is C26H36FN4NaO9S. The van der Waals surface area contributed by atoms with Crippen molar-refractivity contribution in [3.8, 4) is 0 Å². The van der Waals surface area contributed by atoms with E-state index in [2.05, 4.69) is 16.0 Å². The Bertz CT molecular complexity index is 1240. The number of aliphatic hydroxyl groups excluding tert-OH is 1. The molecule has 2 heterocycles. The second-order valence-corrected chi connectivity index (χ2v) is 12.2. The summed E-state index contributed by atoms with van der Waals surface area (Å²) >= 11 is 0. The molecule has 2 aliphatic heterocycles. The molecule has 2 fully saturated rings. The first kappa shape index (κ1) is 35.9. The van der Waals surface area contributed by atoms with E-state index in [1.807, 2.05) is 0 Å². The molecule has 42 heavy (non-hydrogen) atoms. The Morgan fingerprint density at radius 2 is 1.95 bits per heavy atom. The van der Waals surface area contributed by atoms with Crippen LogP contribution < -0.4 is 45.5 Å². The minimum absolute atomic E-state index is 0. The SMILES string of the molecule is CC(C)C[C@H](NC(=O)OC[C@@H]1CCC(=O)N1Cc1cccc(F)c1)C(=O)N[C@@H](C[C@@H]1CCNC1=O)C(O)S(=O)(=O)[O-].[Na+]. The summed E-state index contributed by atoms with van der Waals surface area (Å²) in [4.78, 5) is 51.7. The van der Waals surface area contributed by atoms with E-state index in [0.717, 1.165) is 0 Å². The van der Waals surface area contributed by atoms with Gasteiger partial charge in [0.15, 0.2) is 5.44 Å². The minimum atomic E-state index is -5.24. The van der Waals surface area contributed by atoms with Gasteiger partial charge in [0.25, 0.3) is 0 Å². The van der Waals surface area contributed by atoms with E-state index in [0.29, 0.717) is 24.9 Å². The van der Waals surface area contributed by atoms with E-state index >= 15 is 0 Å². The van der Waals surface area contributed by atoms with Crippen molar-refractivity contribution in [3.05, 3.63) is 35.6 Å². The zero-order valence-corrected chi connectivity index (χ0v) is 26.7. The summed E-state index contributed by atoms with van der Waals surface area (Å²) in [5, 5.41) is 17.5. The summed E-state index contributed by atoms with van der Waals surface area (Å²) in [6, 6.07) is 2.53. The van der Waals surface area contributed by atoms with Gasteiger partial charge in [0.05, 0.1) is 12.1 Å². The third kappa shape index (κ3) is 10.5. The number of carbonyl (C=O) groups excluding carboxylic acids is 4. The van der Waals surface area contributed by atoms with Crippen molar-refractivity contribution in [2.75, 3.05) is 13.2 Å². The third-order valence-electron chi connectivity index (χ3n) is 7.09. The third-order valence-corrected chi connectivity index (χ3v) is 8.01. The Hall–Kier alpha value is -2.30. The summed E-state index contributed by atoms with van der Waals surface area (Å²) in [5.74, 6) is -2.71. The van der Waals surface area contributed by atoms with Crippen molar-refractivity contribution >= 4 is 33.9 Å². The van der Waals surface area contributed by atoms with E-state index in [4.69, 9.17) is 4.74 Å². The number of halogens is 1. The van der Waals surface area contributed by atoms with Crippen molar-refractivity contribution in [1.82, 2.24) is 20.9 Å². The van der Waals surface area contributed by atoms with Gasteiger partial charge in [-0.3, -0.25) is 14.4 Å². The molecule has 2 aliphatic rings. The Kier molecular flexibility index (Phi) is 13.6. The molecule has 4 N–H and O–H groups in total. The summed E-state index contributed by atoms with van der Waals surface area (Å²) in [5.41, 5.74) is -1.93. The fourth-order valence-electron chi connectivity index (χ4n) is 4.98. The molecule has 0 saturated carbocycles. The molecule has 5 atom stereocenters. The van der Waals surface area contributed by atoms with Gasteiger partial charge < -0.3 is 35.2 Å². The van der Waals surface area contributed by atoms with Crippen LogP contribution in [0.1, 0.15) is 51.5 Å². The first-order chi connectivity index (χ1) is 19.2. The Balaban J connectivity index is 0.00000616. The van der Waals surface area contributed by atoms with Gasteiger partial charge in [0.2, 0.25) is 17.7 Å². The van der Waals surface area contributed by atoms with E-state index in [9.17, 15) is 41.6 Å². The van der Waals surface area contributed by atoms with Crippen molar-refractivity contribution < 1.29 is 75.9 Å². The maximum absolute atomic E-state index is 13.6. The molecule has 1 unspecified atom stereocenters. The van der Waals surface area contributed by atoms with Gasteiger partial charge in [-0.05, 0) is 49.3 Å². The molecule has 0 aromatic heterocycles. The normalized spacial score (nSPS) is 20.9. The monoisotopic (exact) mass is 622 g/mol. The number of amides is 4. The first-order valence-corrected chi connectivity index (χ1v) is 14.9. The number of rotatable bonds is 13. The van der Waals surface area contributed by atoms with Gasteiger partial charge >= 0.3 is 35.7 Å². The second-order valence-electron chi connectivity index (χ2n) is 10.8. The number of hydrogen-bond acceptors (Lipinski definition) is 9. The van der Waals surface area contributed by atoms with Crippen LogP contribution in [0.25, 0.3) is 0 Å². The number of alkyl carbamates (subject to hydrolysis) is 1. The molecular weight excluding hydrogens is 586 g/mol. The Morgan fingerprint density at radius 3 is 2.55 bits per heavy atom. The van der Waals surface area contributed by atoms with Crippen LogP contribution in [0.3, 0.4) is 0 Å². The maximum Gasteiger partial charge on any atom is 1.00 e. The van der Waals surface area contributed by atoms with E-state index < -0.39 is 63.3 Å². The summed E-state index contributed by atoms with van der Waals surface area (Å²) in [7, 11) is -5.24. The number of ether oxygens (including phenoxy) is 1. The van der Waals surface area contributed by atoms with Gasteiger partial charge in [-0.25, -0.2) is 17.6 Å². The van der Waals surface area contributed by atoms with E-state index in [-0.39, 0.29) is 73.8 Å². The van der Waals surface area contributed by atoms with Crippen LogP contribution in [-0.2, 0) is 35.8 Å². The average Bonchev–Trinajstić information content (AvgIpc) is 3.45. The van der Waals surface area contributed by atoms with Crippen LogP contribution >= 0.6 is 0 Å². The van der Waals surface area contributed by atoms with Crippen molar-refractivity contribution in [2.24, 2.45) is 11.8 Å². The Labute approximate surface area is 266 Å². The average molecular weight is 623 g/mol. The number of benzene rings is 1. The summed E-state index contributed by atoms with van der Waals surface area (Å²) in [6.45, 7) is 3.84. The van der Waals surface area contributed by atoms with Crippen LogP contribution in [0.15, 0.2) is 24.3 Å². The maximum atomic E-state index is 13.6. The van der Waals surface area contributed by atoms with Gasteiger partial charge in [-0.2, -0.15) is 0 Å². The molecule has 0 radical (unpaired) electrons. The number of hydrogen-bond donors (Lipinski definition) is 4. The summed E-state index contributed by atoms with van der Waals surface area (Å²) in [6.07, 6.45) is -0.193. The molecule has 2 saturated heterocycles. The van der Waals surface area contributed by atoms with Crippen LogP contribution in [0, 0.1) is 17.7 Å². The summed E-state index contributed by atoms with van der Waals surface area (Å²) < 4.78 is 53.5. The smallest absolute Gasteiger partial charge is 0.746 e. The molecule has 3 rings (SSSR count). The van der Waals surface area contributed by atoms with Crippen LogP contribution in [-0.4, -0.2) is 83.5 Å². The molecule has 228 valence electrons. The Morgan fingerprint density at radius 1 is 1.24 bits per heavy atom.